The molecule has 2 aromatic carbocycles. The number of fused-ring (bicyclic) bond motifs is 3. The molecule has 1 saturated carbocycles. The molecule has 3 aliphatic rings. The van der Waals surface area contributed by atoms with E-state index in [0.29, 0.717) is 18.0 Å². The van der Waals surface area contributed by atoms with Gasteiger partial charge in [0.05, 0.1) is 35.8 Å². The zero-order valence-electron chi connectivity index (χ0n) is 16.3. The van der Waals surface area contributed by atoms with E-state index in [9.17, 15) is 22.7 Å². The summed E-state index contributed by atoms with van der Waals surface area (Å²) in [7, 11) is -3.93. The number of nitrogens with zero attached hydrogens (tertiary/aromatic N) is 2. The van der Waals surface area contributed by atoms with Crippen molar-refractivity contribution in [2.24, 2.45) is 5.92 Å². The lowest BCUT2D eigenvalue weighted by Crippen LogP contribution is -2.70. The van der Waals surface area contributed by atoms with Gasteiger partial charge in [-0.1, -0.05) is 18.2 Å². The van der Waals surface area contributed by atoms with Crippen LogP contribution in [-0.4, -0.2) is 49.6 Å². The predicted octanol–water partition coefficient (Wildman–Crippen LogP) is 2.49. The van der Waals surface area contributed by atoms with Crippen LogP contribution in [0.2, 0.25) is 0 Å². The maximum Gasteiger partial charge on any atom is 0.264 e. The minimum absolute atomic E-state index is 0.00559. The van der Waals surface area contributed by atoms with Gasteiger partial charge in [0.1, 0.15) is 5.82 Å². The van der Waals surface area contributed by atoms with Crippen LogP contribution in [-0.2, 0) is 14.8 Å². The van der Waals surface area contributed by atoms with Gasteiger partial charge in [-0.15, -0.1) is 0 Å². The van der Waals surface area contributed by atoms with Crippen LogP contribution in [0.3, 0.4) is 0 Å². The second-order valence-corrected chi connectivity index (χ2v) is 10.2. The Balaban J connectivity index is 1.54. The number of aliphatic hydroxyl groups is 1. The van der Waals surface area contributed by atoms with E-state index >= 15 is 0 Å². The summed E-state index contributed by atoms with van der Waals surface area (Å²) in [6, 6.07) is 11.3. The van der Waals surface area contributed by atoms with Crippen LogP contribution in [0.15, 0.2) is 53.4 Å². The monoisotopic (exact) mass is 430 g/mol. The second kappa shape index (κ2) is 7.06. The van der Waals surface area contributed by atoms with Gasteiger partial charge in [0.25, 0.3) is 10.0 Å². The van der Waals surface area contributed by atoms with E-state index in [1.165, 1.54) is 16.4 Å². The van der Waals surface area contributed by atoms with Crippen LogP contribution in [0.25, 0.3) is 0 Å². The molecule has 1 amide bonds. The van der Waals surface area contributed by atoms with Gasteiger partial charge in [-0.05, 0) is 54.7 Å². The number of carbonyl (C=O) groups excluding carboxylic acids is 1. The summed E-state index contributed by atoms with van der Waals surface area (Å²) < 4.78 is 41.5. The first-order chi connectivity index (χ1) is 14.4. The van der Waals surface area contributed by atoms with Gasteiger partial charge in [-0.3, -0.25) is 9.10 Å². The highest BCUT2D eigenvalue weighted by Crippen LogP contribution is 2.50. The Kier molecular flexibility index (Phi) is 4.59. The molecule has 0 aromatic heterocycles. The lowest BCUT2D eigenvalue weighted by atomic mass is 9.72. The number of carbonyl (C=O) groups is 1. The number of likely N-dealkylation sites (tertiary alicyclic amines) is 1. The Bertz CT molecular complexity index is 1080. The molecule has 2 aromatic rings. The number of amides is 1. The highest BCUT2D eigenvalue weighted by Gasteiger charge is 2.56. The molecule has 30 heavy (non-hydrogen) atoms. The largest absolute Gasteiger partial charge is 0.394 e. The molecule has 1 N–H and O–H groups in total. The lowest BCUT2D eigenvalue weighted by Gasteiger charge is -2.59. The van der Waals surface area contributed by atoms with Crippen LogP contribution >= 0.6 is 0 Å². The van der Waals surface area contributed by atoms with Crippen LogP contribution < -0.4 is 4.31 Å². The van der Waals surface area contributed by atoms with E-state index in [1.54, 1.807) is 17.0 Å². The Morgan fingerprint density at radius 3 is 2.47 bits per heavy atom. The number of anilines is 1. The van der Waals surface area contributed by atoms with Gasteiger partial charge in [-0.2, -0.15) is 0 Å². The third-order valence-corrected chi connectivity index (χ3v) is 8.29. The number of rotatable bonds is 5. The van der Waals surface area contributed by atoms with Crippen LogP contribution in [0.4, 0.5) is 10.1 Å². The SMILES string of the molecule is O=C(CC1CC1)N1[C@H](CO)[C@H]2c3ccccc3N(S(=O)(=O)c3ccc(F)cc3)C[C@H]21. The fourth-order valence-electron chi connectivity index (χ4n) is 4.83. The number of hydrogen-bond acceptors (Lipinski definition) is 4. The topological polar surface area (TPSA) is 77.9 Å². The van der Waals surface area contributed by atoms with E-state index < -0.39 is 15.8 Å². The number of halogens is 1. The highest BCUT2D eigenvalue weighted by atomic mass is 32.2. The Morgan fingerprint density at radius 2 is 1.80 bits per heavy atom. The normalized spacial score (nSPS) is 25.3. The van der Waals surface area contributed by atoms with Crippen molar-refractivity contribution < 1.29 is 22.7 Å². The molecule has 6 nitrogen and oxygen atoms in total. The number of hydrogen-bond donors (Lipinski definition) is 1. The molecule has 2 aliphatic heterocycles. The summed E-state index contributed by atoms with van der Waals surface area (Å²) in [5.74, 6) is -0.217. The summed E-state index contributed by atoms with van der Waals surface area (Å²) in [6.45, 7) is -0.0368. The summed E-state index contributed by atoms with van der Waals surface area (Å²) in [6.07, 6.45) is 2.54. The molecule has 1 aliphatic carbocycles. The fourth-order valence-corrected chi connectivity index (χ4v) is 6.34. The number of benzene rings is 2. The van der Waals surface area contributed by atoms with Gasteiger partial charge >= 0.3 is 0 Å². The van der Waals surface area contributed by atoms with Crippen molar-refractivity contribution in [1.29, 1.82) is 0 Å². The van der Waals surface area contributed by atoms with E-state index in [-0.39, 0.29) is 42.0 Å². The smallest absolute Gasteiger partial charge is 0.264 e. The van der Waals surface area contributed by atoms with Gasteiger partial charge in [0, 0.05) is 12.3 Å². The van der Waals surface area contributed by atoms with Crippen LogP contribution in [0, 0.1) is 11.7 Å². The maximum absolute atomic E-state index is 13.4. The fraction of sp³-hybridized carbons (Fsp3) is 0.409. The van der Waals surface area contributed by atoms with E-state index in [4.69, 9.17) is 0 Å². The zero-order chi connectivity index (χ0) is 21.0. The standard InChI is InChI=1S/C22H23FN2O4S/c23-15-7-9-16(10-8-15)30(28,29)24-12-19-22(17-3-1-2-4-18(17)24)20(13-26)25(19)21(27)11-14-5-6-14/h1-4,7-10,14,19-20,22,26H,5-6,11-13H2/t19-,20-,22+/m1/s1. The Hall–Kier alpha value is -2.45. The molecule has 3 atom stereocenters. The third kappa shape index (κ3) is 3.01. The van der Waals surface area contributed by atoms with Crippen molar-refractivity contribution in [3.63, 3.8) is 0 Å². The summed E-state index contributed by atoms with van der Waals surface area (Å²) >= 11 is 0. The first-order valence-corrected chi connectivity index (χ1v) is 11.6. The molecule has 0 spiro atoms. The number of sulfonamides is 1. The number of aliphatic hydroxyl groups excluding tert-OH is 1. The Morgan fingerprint density at radius 1 is 1.10 bits per heavy atom. The third-order valence-electron chi connectivity index (χ3n) is 6.50. The quantitative estimate of drug-likeness (QED) is 0.791. The van der Waals surface area contributed by atoms with Crippen LogP contribution in [0.5, 0.6) is 0 Å². The maximum atomic E-state index is 13.4. The average molecular weight is 431 g/mol. The molecule has 158 valence electrons. The average Bonchev–Trinajstić information content (AvgIpc) is 3.52. The molecule has 2 heterocycles. The van der Waals surface area contributed by atoms with Gasteiger partial charge < -0.3 is 10.0 Å². The van der Waals surface area contributed by atoms with Crippen molar-refractivity contribution in [2.75, 3.05) is 17.5 Å². The molecule has 0 unspecified atom stereocenters. The predicted molar refractivity (Wildman–Crippen MR) is 109 cm³/mol. The first-order valence-electron chi connectivity index (χ1n) is 10.2. The molecule has 8 heteroatoms. The molecule has 0 radical (unpaired) electrons. The summed E-state index contributed by atoms with van der Waals surface area (Å²) in [5.41, 5.74) is 1.37. The number of para-hydroxylation sites is 1. The molecule has 2 fully saturated rings. The van der Waals surface area contributed by atoms with E-state index in [1.807, 2.05) is 12.1 Å². The lowest BCUT2D eigenvalue weighted by molar-refractivity contribution is -0.150. The molecule has 0 bridgehead atoms. The second-order valence-electron chi connectivity index (χ2n) is 8.34. The van der Waals surface area contributed by atoms with E-state index in [0.717, 1.165) is 30.5 Å². The van der Waals surface area contributed by atoms with Crippen molar-refractivity contribution in [3.8, 4) is 0 Å². The minimum atomic E-state index is -3.93. The molecular formula is C22H23FN2O4S. The molecule has 5 rings (SSSR count). The molecule has 1 saturated heterocycles. The van der Waals surface area contributed by atoms with Crippen molar-refractivity contribution in [1.82, 2.24) is 4.90 Å². The van der Waals surface area contributed by atoms with Crippen molar-refractivity contribution >= 4 is 21.6 Å². The summed E-state index contributed by atoms with van der Waals surface area (Å²) in [5, 5.41) is 9.99. The molecular weight excluding hydrogens is 407 g/mol. The van der Waals surface area contributed by atoms with Crippen LogP contribution in [0.1, 0.15) is 30.7 Å². The highest BCUT2D eigenvalue weighted by molar-refractivity contribution is 7.92. The Labute approximate surface area is 175 Å². The van der Waals surface area contributed by atoms with Gasteiger partial charge in [0.2, 0.25) is 5.91 Å². The summed E-state index contributed by atoms with van der Waals surface area (Å²) in [4.78, 5) is 14.6. The van der Waals surface area contributed by atoms with E-state index in [2.05, 4.69) is 0 Å². The zero-order valence-corrected chi connectivity index (χ0v) is 17.1. The van der Waals surface area contributed by atoms with Crippen molar-refractivity contribution in [2.45, 2.75) is 42.2 Å². The minimum Gasteiger partial charge on any atom is -0.394 e. The first kappa shape index (κ1) is 19.5. The van der Waals surface area contributed by atoms with Crippen molar-refractivity contribution in [3.05, 3.63) is 59.9 Å². The van der Waals surface area contributed by atoms with Gasteiger partial charge in [-0.25, -0.2) is 12.8 Å². The van der Waals surface area contributed by atoms with Gasteiger partial charge in [0.15, 0.2) is 0 Å².